The predicted molar refractivity (Wildman–Crippen MR) is 121 cm³/mol. The first-order valence-electron chi connectivity index (χ1n) is 9.78. The summed E-state index contributed by atoms with van der Waals surface area (Å²) in [7, 11) is -3.95. The largest absolute Gasteiger partial charge is 0.312 e. The Balaban J connectivity index is 1.45. The molecular weight excluding hydrogens is 468 g/mol. The van der Waals surface area contributed by atoms with Crippen LogP contribution >= 0.6 is 11.3 Å². The van der Waals surface area contributed by atoms with Crippen LogP contribution in [0.3, 0.4) is 0 Å². The molecule has 1 aliphatic rings. The quantitative estimate of drug-likeness (QED) is 0.417. The molecule has 170 valence electrons. The minimum atomic E-state index is -3.95. The number of carbonyl (C=O) groups is 2. The zero-order chi connectivity index (χ0) is 23.8. The van der Waals surface area contributed by atoms with Crippen LogP contribution in [0.25, 0.3) is 0 Å². The van der Waals surface area contributed by atoms with Gasteiger partial charge in [-0.15, -0.1) is 0 Å². The van der Waals surface area contributed by atoms with Gasteiger partial charge in [-0.2, -0.15) is 0 Å². The molecule has 1 fully saturated rings. The van der Waals surface area contributed by atoms with Crippen LogP contribution < -0.4 is 10.2 Å². The van der Waals surface area contributed by atoms with Crippen LogP contribution in [0.5, 0.6) is 0 Å². The molecular formula is C21H18N4O6S2. The Hall–Kier alpha value is -3.64. The van der Waals surface area contributed by atoms with Crippen molar-refractivity contribution in [2.75, 3.05) is 16.8 Å². The van der Waals surface area contributed by atoms with Gasteiger partial charge in [0.1, 0.15) is 4.21 Å². The third-order valence-electron chi connectivity index (χ3n) is 5.15. The second-order valence-electron chi connectivity index (χ2n) is 7.47. The van der Waals surface area contributed by atoms with Gasteiger partial charge in [0.05, 0.1) is 21.9 Å². The van der Waals surface area contributed by atoms with E-state index in [0.29, 0.717) is 0 Å². The first kappa shape index (κ1) is 22.6. The SMILES string of the molecule is Cc1cccc(N2CC(C(=O)Nc3ncc(S(=O)(=O)c4ccc([N+](=O)[O-])cc4)s3)CC2=O)c1. The lowest BCUT2D eigenvalue weighted by Crippen LogP contribution is -2.28. The number of nitro benzene ring substituents is 1. The smallest absolute Gasteiger partial charge is 0.269 e. The monoisotopic (exact) mass is 486 g/mol. The Labute approximate surface area is 193 Å². The number of nitro groups is 1. The van der Waals surface area contributed by atoms with Crippen molar-refractivity contribution in [1.82, 2.24) is 4.98 Å². The van der Waals surface area contributed by atoms with Crippen molar-refractivity contribution in [3.05, 3.63) is 70.4 Å². The first-order chi connectivity index (χ1) is 15.6. The van der Waals surface area contributed by atoms with E-state index < -0.39 is 26.6 Å². The molecule has 1 saturated heterocycles. The number of sulfone groups is 1. The number of aromatic nitrogens is 1. The number of rotatable bonds is 6. The molecule has 0 radical (unpaired) electrons. The second-order valence-corrected chi connectivity index (χ2v) is 10.7. The number of nitrogens with one attached hydrogen (secondary N) is 1. The molecule has 10 nitrogen and oxygen atoms in total. The van der Waals surface area contributed by atoms with Crippen LogP contribution in [0, 0.1) is 23.0 Å². The van der Waals surface area contributed by atoms with E-state index in [1.807, 2.05) is 25.1 Å². The van der Waals surface area contributed by atoms with Crippen molar-refractivity contribution in [1.29, 1.82) is 0 Å². The topological polar surface area (TPSA) is 140 Å². The molecule has 0 bridgehead atoms. The molecule has 2 aromatic carbocycles. The molecule has 33 heavy (non-hydrogen) atoms. The van der Waals surface area contributed by atoms with E-state index in [4.69, 9.17) is 0 Å². The molecule has 0 spiro atoms. The summed E-state index contributed by atoms with van der Waals surface area (Å²) >= 11 is 0.769. The number of hydrogen-bond donors (Lipinski definition) is 1. The lowest BCUT2D eigenvalue weighted by Gasteiger charge is -2.17. The number of hydrogen-bond acceptors (Lipinski definition) is 8. The normalized spacial score (nSPS) is 16.1. The Kier molecular flexibility index (Phi) is 5.95. The van der Waals surface area contributed by atoms with Gasteiger partial charge in [-0.05, 0) is 36.8 Å². The average Bonchev–Trinajstić information content (AvgIpc) is 3.41. The summed E-state index contributed by atoms with van der Waals surface area (Å²) in [6.07, 6.45) is 1.16. The Morgan fingerprint density at radius 2 is 1.97 bits per heavy atom. The van der Waals surface area contributed by atoms with E-state index in [1.165, 1.54) is 0 Å². The van der Waals surface area contributed by atoms with Crippen LogP contribution in [0.4, 0.5) is 16.5 Å². The minimum Gasteiger partial charge on any atom is -0.312 e. The summed E-state index contributed by atoms with van der Waals surface area (Å²) in [4.78, 5) is 40.7. The van der Waals surface area contributed by atoms with E-state index >= 15 is 0 Å². The number of aryl methyl sites for hydroxylation is 1. The van der Waals surface area contributed by atoms with Crippen LogP contribution in [-0.4, -0.2) is 36.7 Å². The molecule has 0 aliphatic carbocycles. The Morgan fingerprint density at radius 3 is 2.64 bits per heavy atom. The first-order valence-corrected chi connectivity index (χ1v) is 12.1. The highest BCUT2D eigenvalue weighted by Crippen LogP contribution is 2.31. The maximum atomic E-state index is 12.8. The zero-order valence-corrected chi connectivity index (χ0v) is 18.9. The fraction of sp³-hybridized carbons (Fsp3) is 0.190. The van der Waals surface area contributed by atoms with E-state index in [9.17, 15) is 28.1 Å². The van der Waals surface area contributed by atoms with Gasteiger partial charge in [0.25, 0.3) is 5.69 Å². The minimum absolute atomic E-state index is 0.0408. The van der Waals surface area contributed by atoms with Gasteiger partial charge >= 0.3 is 0 Å². The van der Waals surface area contributed by atoms with Crippen molar-refractivity contribution in [3.8, 4) is 0 Å². The fourth-order valence-electron chi connectivity index (χ4n) is 3.44. The van der Waals surface area contributed by atoms with Crippen LogP contribution in [0.15, 0.2) is 63.8 Å². The summed E-state index contributed by atoms with van der Waals surface area (Å²) in [6.45, 7) is 2.13. The Morgan fingerprint density at radius 1 is 1.24 bits per heavy atom. The molecule has 12 heteroatoms. The molecule has 0 saturated carbocycles. The molecule has 1 aliphatic heterocycles. The van der Waals surface area contributed by atoms with Gasteiger partial charge in [0.15, 0.2) is 5.13 Å². The highest BCUT2D eigenvalue weighted by Gasteiger charge is 2.35. The molecule has 1 unspecified atom stereocenters. The van der Waals surface area contributed by atoms with E-state index in [2.05, 4.69) is 10.3 Å². The van der Waals surface area contributed by atoms with Gasteiger partial charge in [0, 0.05) is 30.8 Å². The third-order valence-corrected chi connectivity index (χ3v) is 8.29. The van der Waals surface area contributed by atoms with E-state index in [0.717, 1.165) is 53.0 Å². The number of non-ortho nitro benzene ring substituents is 1. The van der Waals surface area contributed by atoms with Gasteiger partial charge in [-0.1, -0.05) is 23.5 Å². The number of carbonyl (C=O) groups excluding carboxylic acids is 2. The number of thiazole rings is 1. The van der Waals surface area contributed by atoms with Crippen molar-refractivity contribution in [2.24, 2.45) is 5.92 Å². The lowest BCUT2D eigenvalue weighted by atomic mass is 10.1. The molecule has 1 N–H and O–H groups in total. The van der Waals surface area contributed by atoms with Gasteiger partial charge in [-0.3, -0.25) is 19.7 Å². The van der Waals surface area contributed by atoms with Crippen LogP contribution in [0.2, 0.25) is 0 Å². The summed E-state index contributed by atoms with van der Waals surface area (Å²) in [5, 5.41) is 13.4. The third kappa shape index (κ3) is 4.61. The Bertz CT molecular complexity index is 1350. The van der Waals surface area contributed by atoms with Crippen molar-refractivity contribution in [2.45, 2.75) is 22.4 Å². The highest BCUT2D eigenvalue weighted by atomic mass is 32.2. The molecule has 4 rings (SSSR count). The van der Waals surface area contributed by atoms with Crippen molar-refractivity contribution >= 4 is 49.5 Å². The summed E-state index contributed by atoms with van der Waals surface area (Å²) in [5.74, 6) is -1.19. The second kappa shape index (κ2) is 8.71. The van der Waals surface area contributed by atoms with Gasteiger partial charge < -0.3 is 10.2 Å². The lowest BCUT2D eigenvalue weighted by molar-refractivity contribution is -0.384. The fourth-order valence-corrected chi connectivity index (χ4v) is 5.88. The maximum Gasteiger partial charge on any atom is 0.269 e. The van der Waals surface area contributed by atoms with Crippen molar-refractivity contribution in [3.63, 3.8) is 0 Å². The number of benzene rings is 2. The number of nitrogens with zero attached hydrogens (tertiary/aromatic N) is 3. The van der Waals surface area contributed by atoms with Crippen LogP contribution in [-0.2, 0) is 19.4 Å². The van der Waals surface area contributed by atoms with E-state index in [-0.39, 0.29) is 38.8 Å². The van der Waals surface area contributed by atoms with E-state index in [1.54, 1.807) is 11.0 Å². The number of anilines is 2. The summed E-state index contributed by atoms with van der Waals surface area (Å²) in [5.41, 5.74) is 1.50. The molecule has 2 heterocycles. The molecule has 1 atom stereocenters. The average molecular weight is 487 g/mol. The summed E-state index contributed by atoms with van der Waals surface area (Å²) < 4.78 is 25.4. The number of amides is 2. The zero-order valence-electron chi connectivity index (χ0n) is 17.3. The van der Waals surface area contributed by atoms with Gasteiger partial charge in [-0.25, -0.2) is 13.4 Å². The standard InChI is InChI=1S/C21H18N4O6S2/c1-13-3-2-4-16(9-13)24-12-14(10-18(24)26)20(27)23-21-22-11-19(32-21)33(30,31)17-7-5-15(6-8-17)25(28)29/h2-9,11,14H,10,12H2,1H3,(H,22,23,27). The maximum absolute atomic E-state index is 12.8. The molecule has 2 amide bonds. The summed E-state index contributed by atoms with van der Waals surface area (Å²) in [6, 6.07) is 11.9. The predicted octanol–water partition coefficient (Wildman–Crippen LogP) is 3.18. The van der Waals surface area contributed by atoms with Crippen LogP contribution in [0.1, 0.15) is 12.0 Å². The highest BCUT2D eigenvalue weighted by molar-refractivity contribution is 7.93. The molecule has 3 aromatic rings. The van der Waals surface area contributed by atoms with Crippen molar-refractivity contribution < 1.29 is 22.9 Å². The van der Waals surface area contributed by atoms with Gasteiger partial charge in [0.2, 0.25) is 21.7 Å². The molecule has 1 aromatic heterocycles.